The molecular weight excluding hydrogens is 252 g/mol. The molecule has 1 aliphatic carbocycles. The van der Waals surface area contributed by atoms with Gasteiger partial charge >= 0.3 is 0 Å². The van der Waals surface area contributed by atoms with Crippen molar-refractivity contribution in [2.75, 3.05) is 5.32 Å². The molecule has 0 spiro atoms. The molecule has 0 heterocycles. The highest BCUT2D eigenvalue weighted by Gasteiger charge is 2.34. The lowest BCUT2D eigenvalue weighted by Crippen LogP contribution is -2.30. The van der Waals surface area contributed by atoms with E-state index in [1.807, 2.05) is 0 Å². The summed E-state index contributed by atoms with van der Waals surface area (Å²) < 4.78 is 0. The quantitative estimate of drug-likeness (QED) is 0.659. The van der Waals surface area contributed by atoms with Gasteiger partial charge in [-0.1, -0.05) is 31.9 Å². The van der Waals surface area contributed by atoms with Gasteiger partial charge < -0.3 is 5.32 Å². The van der Waals surface area contributed by atoms with Crippen LogP contribution in [0.5, 0.6) is 0 Å². The minimum Gasteiger partial charge on any atom is -0.382 e. The van der Waals surface area contributed by atoms with E-state index in [1.54, 1.807) is 12.1 Å². The number of anilines is 1. The van der Waals surface area contributed by atoms with E-state index in [9.17, 15) is 10.1 Å². The maximum Gasteiger partial charge on any atom is 0.288 e. The summed E-state index contributed by atoms with van der Waals surface area (Å²) in [6.07, 6.45) is 3.54. The van der Waals surface area contributed by atoms with Crippen LogP contribution in [0.25, 0.3) is 0 Å². The Kier molecular flexibility index (Phi) is 3.48. The Balaban J connectivity index is 2.16. The van der Waals surface area contributed by atoms with Crippen molar-refractivity contribution in [1.82, 2.24) is 0 Å². The summed E-state index contributed by atoms with van der Waals surface area (Å²) in [6.45, 7) is 4.48. The van der Waals surface area contributed by atoms with Crippen molar-refractivity contribution in [2.45, 2.75) is 39.2 Å². The first-order valence-corrected chi connectivity index (χ1v) is 6.48. The molecule has 4 nitrogen and oxygen atoms in total. The van der Waals surface area contributed by atoms with Crippen molar-refractivity contribution in [3.63, 3.8) is 0 Å². The monoisotopic (exact) mass is 268 g/mol. The smallest absolute Gasteiger partial charge is 0.288 e. The van der Waals surface area contributed by atoms with Gasteiger partial charge in [-0.2, -0.15) is 0 Å². The molecular formula is C13H17ClN2O2. The summed E-state index contributed by atoms with van der Waals surface area (Å²) in [6, 6.07) is 5.20. The Hall–Kier alpha value is -1.29. The summed E-state index contributed by atoms with van der Waals surface area (Å²) in [7, 11) is 0. The summed E-state index contributed by atoms with van der Waals surface area (Å²) >= 11 is 5.90. The Labute approximate surface area is 111 Å². The number of nitro benzene ring substituents is 1. The van der Waals surface area contributed by atoms with Crippen LogP contribution in [-0.2, 0) is 0 Å². The number of nitrogens with one attached hydrogen (secondary N) is 1. The number of hydrogen-bond acceptors (Lipinski definition) is 3. The molecule has 0 amide bonds. The fourth-order valence-corrected chi connectivity index (χ4v) is 2.79. The lowest BCUT2D eigenvalue weighted by atomic mass is 9.87. The molecule has 1 N–H and O–H groups in total. The van der Waals surface area contributed by atoms with E-state index >= 15 is 0 Å². The van der Waals surface area contributed by atoms with Crippen molar-refractivity contribution in [1.29, 1.82) is 0 Å². The Morgan fingerprint density at radius 1 is 1.50 bits per heavy atom. The van der Waals surface area contributed by atoms with Crippen LogP contribution in [0.4, 0.5) is 11.4 Å². The number of halogens is 1. The summed E-state index contributed by atoms with van der Waals surface area (Å²) in [5, 5.41) is 14.3. The largest absolute Gasteiger partial charge is 0.382 e. The van der Waals surface area contributed by atoms with Crippen LogP contribution in [0.15, 0.2) is 18.2 Å². The summed E-state index contributed by atoms with van der Waals surface area (Å²) in [5.41, 5.74) is 1.06. The van der Waals surface area contributed by atoms with E-state index in [4.69, 9.17) is 11.6 Å². The number of rotatable bonds is 3. The molecule has 1 aromatic rings. The maximum atomic E-state index is 10.7. The molecule has 0 aromatic heterocycles. The van der Waals surface area contributed by atoms with E-state index in [0.29, 0.717) is 6.04 Å². The van der Waals surface area contributed by atoms with E-state index in [2.05, 4.69) is 19.2 Å². The van der Waals surface area contributed by atoms with Crippen LogP contribution in [0.1, 0.15) is 33.1 Å². The van der Waals surface area contributed by atoms with Crippen LogP contribution in [-0.4, -0.2) is 11.0 Å². The third-order valence-corrected chi connectivity index (χ3v) is 4.05. The molecule has 0 aliphatic heterocycles. The fraction of sp³-hybridized carbons (Fsp3) is 0.538. The van der Waals surface area contributed by atoms with Gasteiger partial charge in [0.05, 0.1) is 4.92 Å². The van der Waals surface area contributed by atoms with Crippen molar-refractivity contribution in [3.8, 4) is 0 Å². The second-order valence-corrected chi connectivity index (χ2v) is 5.91. The zero-order valence-electron chi connectivity index (χ0n) is 10.6. The first kappa shape index (κ1) is 13.1. The zero-order valence-corrected chi connectivity index (χ0v) is 11.3. The van der Waals surface area contributed by atoms with Crippen LogP contribution in [0.3, 0.4) is 0 Å². The Morgan fingerprint density at radius 3 is 2.72 bits per heavy atom. The predicted molar refractivity (Wildman–Crippen MR) is 73.1 cm³/mol. The highest BCUT2D eigenvalue weighted by Crippen LogP contribution is 2.39. The van der Waals surface area contributed by atoms with E-state index in [0.717, 1.165) is 12.1 Å². The van der Waals surface area contributed by atoms with Crippen LogP contribution >= 0.6 is 11.6 Å². The van der Waals surface area contributed by atoms with Crippen molar-refractivity contribution < 1.29 is 4.92 Å². The molecule has 1 unspecified atom stereocenters. The van der Waals surface area contributed by atoms with Crippen LogP contribution in [0, 0.1) is 15.5 Å². The maximum absolute atomic E-state index is 10.7. The fourth-order valence-electron chi connectivity index (χ4n) is 2.54. The number of nitro groups is 1. The molecule has 0 saturated heterocycles. The van der Waals surface area contributed by atoms with Gasteiger partial charge in [0.1, 0.15) is 5.02 Å². The van der Waals surface area contributed by atoms with Gasteiger partial charge in [0.2, 0.25) is 0 Å². The SMILES string of the molecule is CC1(C)CCCC1Nc1ccc([N+](=O)[O-])c(Cl)c1. The lowest BCUT2D eigenvalue weighted by Gasteiger charge is -2.28. The molecule has 5 heteroatoms. The van der Waals surface area contributed by atoms with Crippen molar-refractivity contribution >= 4 is 23.0 Å². The van der Waals surface area contributed by atoms with Crippen LogP contribution in [0.2, 0.25) is 5.02 Å². The molecule has 1 aromatic carbocycles. The summed E-state index contributed by atoms with van der Waals surface area (Å²) in [5.74, 6) is 0. The second-order valence-electron chi connectivity index (χ2n) is 5.50. The first-order chi connectivity index (χ1) is 8.40. The third-order valence-electron chi connectivity index (χ3n) is 3.74. The van der Waals surface area contributed by atoms with Gasteiger partial charge in [-0.05, 0) is 30.4 Å². The highest BCUT2D eigenvalue weighted by molar-refractivity contribution is 6.32. The molecule has 98 valence electrons. The normalized spacial score (nSPS) is 21.8. The topological polar surface area (TPSA) is 55.2 Å². The minimum absolute atomic E-state index is 0.0482. The lowest BCUT2D eigenvalue weighted by molar-refractivity contribution is -0.384. The average molecular weight is 269 g/mol. The van der Waals surface area contributed by atoms with E-state index in [-0.39, 0.29) is 16.1 Å². The molecule has 0 radical (unpaired) electrons. The molecule has 0 bridgehead atoms. The van der Waals surface area contributed by atoms with Gasteiger partial charge in [-0.3, -0.25) is 10.1 Å². The standard InChI is InChI=1S/C13H17ClN2O2/c1-13(2)7-3-4-12(13)15-9-5-6-11(16(17)18)10(14)8-9/h5-6,8,12,15H,3-4,7H2,1-2H3. The van der Waals surface area contributed by atoms with Gasteiger partial charge in [0, 0.05) is 17.8 Å². The van der Waals surface area contributed by atoms with Crippen LogP contribution < -0.4 is 5.32 Å². The predicted octanol–water partition coefficient (Wildman–Crippen LogP) is 4.24. The number of hydrogen-bond donors (Lipinski definition) is 1. The first-order valence-electron chi connectivity index (χ1n) is 6.10. The Bertz CT molecular complexity index is 474. The highest BCUT2D eigenvalue weighted by atomic mass is 35.5. The second kappa shape index (κ2) is 4.76. The van der Waals surface area contributed by atoms with Gasteiger partial charge in [-0.15, -0.1) is 0 Å². The molecule has 1 atom stereocenters. The number of nitrogens with zero attached hydrogens (tertiary/aromatic N) is 1. The molecule has 18 heavy (non-hydrogen) atoms. The molecule has 1 aliphatic rings. The van der Waals surface area contributed by atoms with Gasteiger partial charge in [0.15, 0.2) is 0 Å². The minimum atomic E-state index is -0.467. The zero-order chi connectivity index (χ0) is 13.3. The third kappa shape index (κ3) is 2.58. The molecule has 1 saturated carbocycles. The average Bonchev–Trinajstić information content (AvgIpc) is 2.58. The van der Waals surface area contributed by atoms with Crippen molar-refractivity contribution in [3.05, 3.63) is 33.3 Å². The molecule has 1 fully saturated rings. The van der Waals surface area contributed by atoms with Gasteiger partial charge in [-0.25, -0.2) is 0 Å². The van der Waals surface area contributed by atoms with E-state index < -0.39 is 4.92 Å². The van der Waals surface area contributed by atoms with Crippen molar-refractivity contribution in [2.24, 2.45) is 5.41 Å². The summed E-state index contributed by atoms with van der Waals surface area (Å²) in [4.78, 5) is 10.2. The molecule has 2 rings (SSSR count). The van der Waals surface area contributed by atoms with Gasteiger partial charge in [0.25, 0.3) is 5.69 Å². The van der Waals surface area contributed by atoms with E-state index in [1.165, 1.54) is 18.9 Å². The number of benzene rings is 1. The Morgan fingerprint density at radius 2 is 2.22 bits per heavy atom.